The predicted molar refractivity (Wildman–Crippen MR) is 115 cm³/mol. The Bertz CT molecular complexity index is 864. The molecular formula is C24H30N2O3. The third-order valence-electron chi connectivity index (χ3n) is 5.01. The summed E-state index contributed by atoms with van der Waals surface area (Å²) in [6.45, 7) is 8.59. The summed E-state index contributed by atoms with van der Waals surface area (Å²) in [7, 11) is 0. The maximum Gasteiger partial charge on any atom is 0.261 e. The van der Waals surface area contributed by atoms with E-state index in [1.54, 1.807) is 6.92 Å². The number of anilines is 1. The average Bonchev–Trinajstić information content (AvgIpc) is 3.51. The summed E-state index contributed by atoms with van der Waals surface area (Å²) in [5, 5.41) is 5.82. The van der Waals surface area contributed by atoms with Gasteiger partial charge in [0.25, 0.3) is 5.91 Å². The molecule has 0 radical (unpaired) electrons. The van der Waals surface area contributed by atoms with Gasteiger partial charge in [-0.2, -0.15) is 0 Å². The average molecular weight is 395 g/mol. The van der Waals surface area contributed by atoms with E-state index >= 15 is 0 Å². The molecule has 1 atom stereocenters. The van der Waals surface area contributed by atoms with Gasteiger partial charge in [0.1, 0.15) is 5.75 Å². The molecule has 0 heterocycles. The fraction of sp³-hybridized carbons (Fsp3) is 0.417. The largest absolute Gasteiger partial charge is 0.481 e. The summed E-state index contributed by atoms with van der Waals surface area (Å²) in [5.41, 5.74) is 2.98. The van der Waals surface area contributed by atoms with Gasteiger partial charge in [0.05, 0.1) is 0 Å². The Morgan fingerprint density at radius 1 is 1.10 bits per heavy atom. The highest BCUT2D eigenvalue weighted by molar-refractivity contribution is 5.94. The van der Waals surface area contributed by atoms with Crippen molar-refractivity contribution in [2.45, 2.75) is 58.6 Å². The summed E-state index contributed by atoms with van der Waals surface area (Å²) in [5.74, 6) is 0.724. The van der Waals surface area contributed by atoms with Crippen molar-refractivity contribution >= 4 is 17.5 Å². The van der Waals surface area contributed by atoms with Crippen molar-refractivity contribution in [3.05, 3.63) is 59.7 Å². The van der Waals surface area contributed by atoms with Gasteiger partial charge in [-0.15, -0.1) is 0 Å². The fourth-order valence-corrected chi connectivity index (χ4v) is 2.97. The van der Waals surface area contributed by atoms with Gasteiger partial charge in [0, 0.05) is 18.2 Å². The van der Waals surface area contributed by atoms with Gasteiger partial charge in [-0.3, -0.25) is 9.59 Å². The van der Waals surface area contributed by atoms with Gasteiger partial charge < -0.3 is 15.4 Å². The molecule has 2 amide bonds. The summed E-state index contributed by atoms with van der Waals surface area (Å²) < 4.78 is 5.77. The Balaban J connectivity index is 1.50. The monoisotopic (exact) mass is 394 g/mol. The lowest BCUT2D eigenvalue weighted by molar-refractivity contribution is -0.127. The number of amides is 2. The molecule has 2 aromatic rings. The van der Waals surface area contributed by atoms with Crippen LogP contribution in [0.3, 0.4) is 0 Å². The summed E-state index contributed by atoms with van der Waals surface area (Å²) in [6, 6.07) is 15.4. The topological polar surface area (TPSA) is 67.4 Å². The molecule has 2 aromatic carbocycles. The molecule has 1 saturated carbocycles. The van der Waals surface area contributed by atoms with Crippen LogP contribution in [0.5, 0.6) is 5.75 Å². The number of nitrogens with one attached hydrogen (secondary N) is 2. The summed E-state index contributed by atoms with van der Waals surface area (Å²) in [6.07, 6.45) is 1.34. The van der Waals surface area contributed by atoms with Gasteiger partial charge in [-0.1, -0.05) is 45.0 Å². The second kappa shape index (κ2) is 8.68. The number of rotatable bonds is 7. The van der Waals surface area contributed by atoms with E-state index < -0.39 is 6.10 Å². The molecule has 3 rings (SSSR count). The highest BCUT2D eigenvalue weighted by atomic mass is 16.5. The van der Waals surface area contributed by atoms with E-state index in [1.807, 2.05) is 48.5 Å². The molecule has 2 N–H and O–H groups in total. The van der Waals surface area contributed by atoms with E-state index in [-0.39, 0.29) is 23.1 Å². The Labute approximate surface area is 172 Å². The highest BCUT2D eigenvalue weighted by Gasteiger charge is 2.29. The van der Waals surface area contributed by atoms with Crippen molar-refractivity contribution in [2.24, 2.45) is 5.92 Å². The molecule has 0 spiro atoms. The predicted octanol–water partition coefficient (Wildman–Crippen LogP) is 4.42. The molecule has 5 nitrogen and oxygen atoms in total. The molecule has 1 fully saturated rings. The molecule has 29 heavy (non-hydrogen) atoms. The van der Waals surface area contributed by atoms with Crippen molar-refractivity contribution in [3.8, 4) is 5.75 Å². The molecule has 0 bridgehead atoms. The standard InChI is InChI=1S/C24H30N2O3/c1-16(29-21-12-10-19(11-13-21)24(2,3)4)22(27)25-15-17-6-5-7-20(14-17)26-23(28)18-8-9-18/h5-7,10-14,16,18H,8-9,15H2,1-4H3,(H,25,27)(H,26,28)/t16-/m1/s1. The second-order valence-corrected chi connectivity index (χ2v) is 8.72. The maximum atomic E-state index is 12.4. The number of ether oxygens (including phenoxy) is 1. The molecule has 5 heteroatoms. The molecule has 1 aliphatic carbocycles. The van der Waals surface area contributed by atoms with E-state index in [2.05, 4.69) is 31.4 Å². The molecule has 0 saturated heterocycles. The van der Waals surface area contributed by atoms with E-state index in [9.17, 15) is 9.59 Å². The molecular weight excluding hydrogens is 364 g/mol. The van der Waals surface area contributed by atoms with E-state index in [4.69, 9.17) is 4.74 Å². The SMILES string of the molecule is C[C@@H](Oc1ccc(C(C)(C)C)cc1)C(=O)NCc1cccc(NC(=O)C2CC2)c1. The number of benzene rings is 2. The van der Waals surface area contributed by atoms with Gasteiger partial charge in [0.2, 0.25) is 5.91 Å². The van der Waals surface area contributed by atoms with Crippen LogP contribution in [0.4, 0.5) is 5.69 Å². The fourth-order valence-electron chi connectivity index (χ4n) is 2.97. The third-order valence-corrected chi connectivity index (χ3v) is 5.01. The second-order valence-electron chi connectivity index (χ2n) is 8.72. The maximum absolute atomic E-state index is 12.4. The zero-order chi connectivity index (χ0) is 21.0. The zero-order valence-electron chi connectivity index (χ0n) is 17.6. The van der Waals surface area contributed by atoms with Crippen molar-refractivity contribution < 1.29 is 14.3 Å². The summed E-state index contributed by atoms with van der Waals surface area (Å²) in [4.78, 5) is 24.3. The number of hydrogen-bond acceptors (Lipinski definition) is 3. The van der Waals surface area contributed by atoms with Crippen molar-refractivity contribution in [3.63, 3.8) is 0 Å². The van der Waals surface area contributed by atoms with Gasteiger partial charge in [0.15, 0.2) is 6.10 Å². The van der Waals surface area contributed by atoms with Gasteiger partial charge in [-0.05, 0) is 60.6 Å². The molecule has 1 aliphatic rings. The minimum Gasteiger partial charge on any atom is -0.481 e. The van der Waals surface area contributed by atoms with Crippen LogP contribution in [0.1, 0.15) is 51.7 Å². The van der Waals surface area contributed by atoms with Gasteiger partial charge in [-0.25, -0.2) is 0 Å². The van der Waals surface area contributed by atoms with Crippen LogP contribution in [0.25, 0.3) is 0 Å². The van der Waals surface area contributed by atoms with Crippen LogP contribution >= 0.6 is 0 Å². The van der Waals surface area contributed by atoms with E-state index in [0.29, 0.717) is 12.3 Å². The lowest BCUT2D eigenvalue weighted by Gasteiger charge is -2.20. The van der Waals surface area contributed by atoms with E-state index in [0.717, 1.165) is 24.1 Å². The minimum absolute atomic E-state index is 0.0747. The first-order valence-electron chi connectivity index (χ1n) is 10.2. The number of carbonyl (C=O) groups excluding carboxylic acids is 2. The Morgan fingerprint density at radius 3 is 2.41 bits per heavy atom. The van der Waals surface area contributed by atoms with Crippen LogP contribution in [0, 0.1) is 5.92 Å². The first kappa shape index (κ1) is 20.9. The van der Waals surface area contributed by atoms with Crippen LogP contribution in [-0.2, 0) is 21.5 Å². The van der Waals surface area contributed by atoms with Crippen LogP contribution in [-0.4, -0.2) is 17.9 Å². The first-order chi connectivity index (χ1) is 13.7. The lowest BCUT2D eigenvalue weighted by atomic mass is 9.87. The van der Waals surface area contributed by atoms with Crippen LogP contribution in [0.15, 0.2) is 48.5 Å². The Morgan fingerprint density at radius 2 is 1.79 bits per heavy atom. The molecule has 0 unspecified atom stereocenters. The zero-order valence-corrected chi connectivity index (χ0v) is 17.6. The molecule has 0 aromatic heterocycles. The van der Waals surface area contributed by atoms with E-state index in [1.165, 1.54) is 5.56 Å². The molecule has 154 valence electrons. The Hall–Kier alpha value is -2.82. The first-order valence-corrected chi connectivity index (χ1v) is 10.2. The third kappa shape index (κ3) is 6.08. The van der Waals surface area contributed by atoms with Gasteiger partial charge >= 0.3 is 0 Å². The quantitative estimate of drug-likeness (QED) is 0.731. The van der Waals surface area contributed by atoms with Crippen molar-refractivity contribution in [1.29, 1.82) is 0 Å². The number of hydrogen-bond donors (Lipinski definition) is 2. The van der Waals surface area contributed by atoms with Crippen molar-refractivity contribution in [1.82, 2.24) is 5.32 Å². The number of carbonyl (C=O) groups is 2. The summed E-state index contributed by atoms with van der Waals surface area (Å²) >= 11 is 0. The smallest absolute Gasteiger partial charge is 0.261 e. The van der Waals surface area contributed by atoms with Crippen molar-refractivity contribution in [2.75, 3.05) is 5.32 Å². The highest BCUT2D eigenvalue weighted by Crippen LogP contribution is 2.30. The molecule has 0 aliphatic heterocycles. The minimum atomic E-state index is -0.603. The van der Waals surface area contributed by atoms with Crippen LogP contribution in [0.2, 0.25) is 0 Å². The van der Waals surface area contributed by atoms with Crippen LogP contribution < -0.4 is 15.4 Å². The lowest BCUT2D eigenvalue weighted by Crippen LogP contribution is -2.35. The normalized spacial score (nSPS) is 14.8. The Kier molecular flexibility index (Phi) is 6.26.